The van der Waals surface area contributed by atoms with Crippen molar-refractivity contribution in [3.63, 3.8) is 0 Å². The van der Waals surface area contributed by atoms with Crippen molar-refractivity contribution in [3.05, 3.63) is 36.2 Å². The quantitative estimate of drug-likeness (QED) is 0.758. The molecule has 1 aliphatic heterocycles. The molecule has 0 amide bonds. The molecule has 0 spiro atoms. The van der Waals surface area contributed by atoms with Crippen molar-refractivity contribution in [2.45, 2.75) is 6.18 Å². The Labute approximate surface area is 140 Å². The van der Waals surface area contributed by atoms with E-state index < -0.39 is 11.9 Å². The maximum atomic E-state index is 12.9. The Kier molecular flexibility index (Phi) is 3.75. The largest absolute Gasteiger partial charge is 0.433 e. The van der Waals surface area contributed by atoms with Gasteiger partial charge in [-0.2, -0.15) is 17.7 Å². The van der Waals surface area contributed by atoms with E-state index in [-0.39, 0.29) is 11.4 Å². The van der Waals surface area contributed by atoms with Crippen LogP contribution < -0.4 is 10.2 Å². The normalized spacial score (nSPS) is 15.7. The Bertz CT molecular complexity index is 900. The zero-order chi connectivity index (χ0) is 17.4. The summed E-state index contributed by atoms with van der Waals surface area (Å²) in [6.45, 7) is 3.33. The first-order valence-corrected chi connectivity index (χ1v) is 7.74. The van der Waals surface area contributed by atoms with E-state index in [1.165, 1.54) is 10.6 Å². The van der Waals surface area contributed by atoms with Crippen molar-refractivity contribution in [2.24, 2.45) is 0 Å². The van der Waals surface area contributed by atoms with Gasteiger partial charge in [-0.15, -0.1) is 15.3 Å². The molecule has 7 nitrogen and oxygen atoms in total. The minimum atomic E-state index is -4.52. The van der Waals surface area contributed by atoms with Gasteiger partial charge in [-0.25, -0.2) is 0 Å². The van der Waals surface area contributed by atoms with E-state index in [9.17, 15) is 13.2 Å². The Hall–Kier alpha value is -2.75. The van der Waals surface area contributed by atoms with Crippen molar-refractivity contribution in [3.8, 4) is 11.4 Å². The van der Waals surface area contributed by atoms with E-state index in [1.54, 1.807) is 6.07 Å². The highest BCUT2D eigenvalue weighted by Gasteiger charge is 2.33. The molecule has 4 rings (SSSR count). The lowest BCUT2D eigenvalue weighted by Crippen LogP contribution is -2.44. The van der Waals surface area contributed by atoms with Crippen LogP contribution in [0.5, 0.6) is 0 Å². The molecule has 0 unspecified atom stereocenters. The molecule has 130 valence electrons. The van der Waals surface area contributed by atoms with Gasteiger partial charge in [0.2, 0.25) is 0 Å². The van der Waals surface area contributed by atoms with Crippen molar-refractivity contribution in [1.29, 1.82) is 0 Å². The monoisotopic (exact) mass is 349 g/mol. The van der Waals surface area contributed by atoms with E-state index in [2.05, 4.69) is 30.5 Å². The van der Waals surface area contributed by atoms with Crippen LogP contribution in [0, 0.1) is 0 Å². The smallest absolute Gasteiger partial charge is 0.353 e. The van der Waals surface area contributed by atoms with Gasteiger partial charge in [-0.05, 0) is 24.3 Å². The molecule has 0 radical (unpaired) electrons. The van der Waals surface area contributed by atoms with Gasteiger partial charge < -0.3 is 10.2 Å². The summed E-state index contributed by atoms with van der Waals surface area (Å²) in [5.74, 6) is 0.986. The highest BCUT2D eigenvalue weighted by atomic mass is 19.4. The average Bonchev–Trinajstić information content (AvgIpc) is 3.05. The lowest BCUT2D eigenvalue weighted by molar-refractivity contribution is -0.141. The zero-order valence-electron chi connectivity index (χ0n) is 13.0. The number of fused-ring (bicyclic) bond motifs is 1. The fourth-order valence-corrected chi connectivity index (χ4v) is 2.75. The minimum absolute atomic E-state index is 0.250. The molecule has 1 N–H and O–H groups in total. The molecule has 0 aromatic carbocycles. The summed E-state index contributed by atoms with van der Waals surface area (Å²) in [7, 11) is 0. The van der Waals surface area contributed by atoms with Crippen LogP contribution in [0.15, 0.2) is 30.5 Å². The molecule has 1 fully saturated rings. The molecule has 4 heterocycles. The predicted molar refractivity (Wildman–Crippen MR) is 84.1 cm³/mol. The van der Waals surface area contributed by atoms with Gasteiger partial charge in [0.05, 0.1) is 0 Å². The summed E-state index contributed by atoms with van der Waals surface area (Å²) in [5.41, 5.74) is -0.237. The zero-order valence-corrected chi connectivity index (χ0v) is 13.0. The van der Waals surface area contributed by atoms with Gasteiger partial charge >= 0.3 is 6.18 Å². The van der Waals surface area contributed by atoms with Gasteiger partial charge in [0, 0.05) is 37.9 Å². The lowest BCUT2D eigenvalue weighted by Gasteiger charge is -2.28. The number of nitrogens with one attached hydrogen (secondary N) is 1. The van der Waals surface area contributed by atoms with Crippen molar-refractivity contribution < 1.29 is 13.2 Å². The third-order valence-corrected chi connectivity index (χ3v) is 4.00. The summed E-state index contributed by atoms with van der Waals surface area (Å²) in [5, 5.41) is 15.8. The summed E-state index contributed by atoms with van der Waals surface area (Å²) in [4.78, 5) is 5.48. The van der Waals surface area contributed by atoms with Gasteiger partial charge in [0.15, 0.2) is 11.5 Å². The fraction of sp³-hybridized carbons (Fsp3) is 0.333. The first-order chi connectivity index (χ1) is 12.0. The van der Waals surface area contributed by atoms with Crippen molar-refractivity contribution in [1.82, 2.24) is 30.1 Å². The number of halogens is 3. The number of alkyl halides is 3. The molecule has 1 aliphatic rings. The second-order valence-corrected chi connectivity index (χ2v) is 5.65. The van der Waals surface area contributed by atoms with Crippen LogP contribution in [0.25, 0.3) is 17.0 Å². The highest BCUT2D eigenvalue weighted by molar-refractivity contribution is 5.60. The molecule has 0 aliphatic carbocycles. The summed E-state index contributed by atoms with van der Waals surface area (Å²) < 4.78 is 40.2. The van der Waals surface area contributed by atoms with Crippen LogP contribution in [-0.2, 0) is 6.18 Å². The first-order valence-electron chi connectivity index (χ1n) is 7.74. The Balaban J connectivity index is 1.77. The summed E-state index contributed by atoms with van der Waals surface area (Å²) >= 11 is 0. The predicted octanol–water partition coefficient (Wildman–Crippen LogP) is 1.61. The standard InChI is InChI=1S/C15H14F3N7/c16-15(17,18)11-9-10(3-4-20-11)14-22-21-12-1-2-13(23-25(12)14)24-7-5-19-6-8-24/h1-4,9,19H,5-8H2. The molecule has 1 saturated heterocycles. The second kappa shape index (κ2) is 5.96. The van der Waals surface area contributed by atoms with Crippen LogP contribution >= 0.6 is 0 Å². The number of aromatic nitrogens is 5. The van der Waals surface area contributed by atoms with E-state index >= 15 is 0 Å². The Morgan fingerprint density at radius 1 is 1.04 bits per heavy atom. The number of piperazine rings is 1. The molecular weight excluding hydrogens is 335 g/mol. The molecular formula is C15H14F3N7. The van der Waals surface area contributed by atoms with Gasteiger partial charge in [0.1, 0.15) is 11.5 Å². The molecule has 0 atom stereocenters. The molecule has 0 bridgehead atoms. The van der Waals surface area contributed by atoms with E-state index in [0.717, 1.165) is 44.3 Å². The highest BCUT2D eigenvalue weighted by Crippen LogP contribution is 2.30. The first kappa shape index (κ1) is 15.8. The molecule has 3 aromatic heterocycles. The van der Waals surface area contributed by atoms with Crippen LogP contribution in [0.4, 0.5) is 19.0 Å². The topological polar surface area (TPSA) is 71.2 Å². The molecule has 10 heteroatoms. The number of pyridine rings is 1. The Morgan fingerprint density at radius 3 is 2.60 bits per heavy atom. The van der Waals surface area contributed by atoms with Gasteiger partial charge in [-0.1, -0.05) is 0 Å². The fourth-order valence-electron chi connectivity index (χ4n) is 2.75. The third-order valence-electron chi connectivity index (χ3n) is 4.00. The minimum Gasteiger partial charge on any atom is -0.353 e. The van der Waals surface area contributed by atoms with Crippen LogP contribution in [-0.4, -0.2) is 51.0 Å². The SMILES string of the molecule is FC(F)(F)c1cc(-c2nnc3ccc(N4CCNCC4)nn23)ccn1. The lowest BCUT2D eigenvalue weighted by atomic mass is 10.2. The molecule has 25 heavy (non-hydrogen) atoms. The van der Waals surface area contributed by atoms with Gasteiger partial charge in [-0.3, -0.25) is 4.98 Å². The molecule has 3 aromatic rings. The van der Waals surface area contributed by atoms with Crippen LogP contribution in [0.3, 0.4) is 0 Å². The number of rotatable bonds is 2. The van der Waals surface area contributed by atoms with Crippen LogP contribution in [0.2, 0.25) is 0 Å². The second-order valence-electron chi connectivity index (χ2n) is 5.65. The maximum absolute atomic E-state index is 12.9. The summed E-state index contributed by atoms with van der Waals surface area (Å²) in [6, 6.07) is 6.01. The number of anilines is 1. The third kappa shape index (κ3) is 3.00. The molecule has 0 saturated carbocycles. The van der Waals surface area contributed by atoms with E-state index in [1.807, 2.05) is 6.07 Å². The van der Waals surface area contributed by atoms with E-state index in [0.29, 0.717) is 5.65 Å². The number of hydrogen-bond acceptors (Lipinski definition) is 6. The van der Waals surface area contributed by atoms with Crippen molar-refractivity contribution >= 4 is 11.5 Å². The van der Waals surface area contributed by atoms with Gasteiger partial charge in [0.25, 0.3) is 0 Å². The van der Waals surface area contributed by atoms with Crippen LogP contribution in [0.1, 0.15) is 5.69 Å². The number of hydrogen-bond donors (Lipinski definition) is 1. The Morgan fingerprint density at radius 2 is 1.84 bits per heavy atom. The summed E-state index contributed by atoms with van der Waals surface area (Å²) in [6.07, 6.45) is -3.41. The van der Waals surface area contributed by atoms with Crippen molar-refractivity contribution in [2.75, 3.05) is 31.1 Å². The van der Waals surface area contributed by atoms with E-state index in [4.69, 9.17) is 0 Å². The average molecular weight is 349 g/mol. The number of nitrogens with zero attached hydrogens (tertiary/aromatic N) is 6. The maximum Gasteiger partial charge on any atom is 0.433 e.